The molecule has 2 aromatic heterocycles. The Morgan fingerprint density at radius 1 is 1.37 bits per heavy atom. The van der Waals surface area contributed by atoms with Crippen LogP contribution in [0.25, 0.3) is 16.5 Å². The Hall–Kier alpha value is -2.93. The quantitative estimate of drug-likeness (QED) is 0.676. The molecule has 0 radical (unpaired) electrons. The molecule has 0 atom stereocenters. The fraction of sp³-hybridized carbons (Fsp3) is 0.350. The highest BCUT2D eigenvalue weighted by Gasteiger charge is 2.20. The molecule has 27 heavy (non-hydrogen) atoms. The van der Waals surface area contributed by atoms with Gasteiger partial charge in [-0.15, -0.1) is 0 Å². The van der Waals surface area contributed by atoms with Crippen molar-refractivity contribution in [3.8, 4) is 5.75 Å². The van der Waals surface area contributed by atoms with Gasteiger partial charge < -0.3 is 9.47 Å². The van der Waals surface area contributed by atoms with Gasteiger partial charge in [-0.05, 0) is 44.0 Å². The maximum Gasteiger partial charge on any atom is 0.155 e. The van der Waals surface area contributed by atoms with Crippen molar-refractivity contribution in [3.05, 3.63) is 47.4 Å². The molecular formula is C20H22N4O3. The Morgan fingerprint density at radius 3 is 3.07 bits per heavy atom. The summed E-state index contributed by atoms with van der Waals surface area (Å²) in [7, 11) is 0. The molecule has 3 aromatic rings. The number of hydrogen-bond donors (Lipinski definition) is 1. The van der Waals surface area contributed by atoms with Crippen LogP contribution in [0.4, 0.5) is 0 Å². The van der Waals surface area contributed by atoms with Crippen molar-refractivity contribution in [3.63, 3.8) is 0 Å². The summed E-state index contributed by atoms with van der Waals surface area (Å²) in [4.78, 5) is 11.6. The first kappa shape index (κ1) is 17.5. The van der Waals surface area contributed by atoms with Crippen LogP contribution in [0.3, 0.4) is 0 Å². The Balaban J connectivity index is 1.65. The van der Waals surface area contributed by atoms with Crippen LogP contribution in [-0.2, 0) is 4.74 Å². The van der Waals surface area contributed by atoms with E-state index in [1.165, 1.54) is 5.57 Å². The largest absolute Gasteiger partial charge is 0.488 e. The SMILES string of the molecule is CC(C)n1nccc1C1=C(COc2ccc3cn[nH]c3c2C=O)CCOC1. The Labute approximate surface area is 157 Å². The summed E-state index contributed by atoms with van der Waals surface area (Å²) in [6.07, 6.45) is 5.11. The number of ether oxygens (including phenoxy) is 2. The summed E-state index contributed by atoms with van der Waals surface area (Å²) >= 11 is 0. The fourth-order valence-electron chi connectivity index (χ4n) is 3.43. The molecule has 0 unspecified atom stereocenters. The Bertz CT molecular complexity index is 1000. The van der Waals surface area contributed by atoms with Gasteiger partial charge >= 0.3 is 0 Å². The van der Waals surface area contributed by atoms with Crippen LogP contribution < -0.4 is 4.74 Å². The number of carbonyl (C=O) groups excluding carboxylic acids is 1. The molecule has 0 bridgehead atoms. The third-order valence-electron chi connectivity index (χ3n) is 4.83. The second kappa shape index (κ2) is 7.36. The lowest BCUT2D eigenvalue weighted by atomic mass is 10.0. The van der Waals surface area contributed by atoms with Crippen molar-refractivity contribution in [2.24, 2.45) is 0 Å². The van der Waals surface area contributed by atoms with E-state index < -0.39 is 0 Å². The fourth-order valence-corrected chi connectivity index (χ4v) is 3.43. The molecule has 1 aromatic carbocycles. The number of H-pyrrole nitrogens is 1. The highest BCUT2D eigenvalue weighted by molar-refractivity contribution is 5.98. The van der Waals surface area contributed by atoms with E-state index in [-0.39, 0.29) is 6.04 Å². The molecule has 1 aliphatic rings. The Kier molecular flexibility index (Phi) is 4.77. The lowest BCUT2D eigenvalue weighted by Gasteiger charge is -2.23. The molecule has 0 spiro atoms. The molecule has 4 rings (SSSR count). The number of aromatic nitrogens is 4. The van der Waals surface area contributed by atoms with E-state index in [0.717, 1.165) is 29.4 Å². The second-order valence-corrected chi connectivity index (χ2v) is 6.86. The van der Waals surface area contributed by atoms with Crippen molar-refractivity contribution in [1.82, 2.24) is 20.0 Å². The normalized spacial score (nSPS) is 14.9. The number of benzene rings is 1. The third-order valence-corrected chi connectivity index (χ3v) is 4.83. The maximum atomic E-state index is 11.6. The van der Waals surface area contributed by atoms with Crippen molar-refractivity contribution in [1.29, 1.82) is 0 Å². The van der Waals surface area contributed by atoms with Crippen LogP contribution in [0.15, 0.2) is 36.2 Å². The van der Waals surface area contributed by atoms with Crippen LogP contribution >= 0.6 is 0 Å². The van der Waals surface area contributed by atoms with Gasteiger partial charge in [0.1, 0.15) is 12.4 Å². The summed E-state index contributed by atoms with van der Waals surface area (Å²) in [6.45, 7) is 5.82. The summed E-state index contributed by atoms with van der Waals surface area (Å²) in [5.41, 5.74) is 4.53. The number of nitrogens with zero attached hydrogens (tertiary/aromatic N) is 3. The van der Waals surface area contributed by atoms with Gasteiger partial charge in [-0.25, -0.2) is 0 Å². The zero-order valence-corrected chi connectivity index (χ0v) is 15.4. The van der Waals surface area contributed by atoms with E-state index >= 15 is 0 Å². The minimum Gasteiger partial charge on any atom is -0.488 e. The first-order chi connectivity index (χ1) is 13.2. The molecule has 1 aliphatic heterocycles. The molecule has 140 valence electrons. The number of carbonyl (C=O) groups is 1. The van der Waals surface area contributed by atoms with Gasteiger partial charge in [-0.2, -0.15) is 10.2 Å². The monoisotopic (exact) mass is 366 g/mol. The predicted molar refractivity (Wildman–Crippen MR) is 102 cm³/mol. The number of aromatic amines is 1. The van der Waals surface area contributed by atoms with Crippen LogP contribution in [0.1, 0.15) is 42.4 Å². The molecule has 1 N–H and O–H groups in total. The highest BCUT2D eigenvalue weighted by Crippen LogP contribution is 2.29. The minimum atomic E-state index is 0.260. The van der Waals surface area contributed by atoms with Gasteiger partial charge in [0, 0.05) is 23.2 Å². The highest BCUT2D eigenvalue weighted by atomic mass is 16.5. The smallest absolute Gasteiger partial charge is 0.155 e. The molecule has 0 saturated carbocycles. The summed E-state index contributed by atoms with van der Waals surface area (Å²) in [6, 6.07) is 5.99. The van der Waals surface area contributed by atoms with Gasteiger partial charge in [-0.1, -0.05) is 0 Å². The third kappa shape index (κ3) is 3.26. The number of hydrogen-bond acceptors (Lipinski definition) is 5. The van der Waals surface area contributed by atoms with Gasteiger partial charge in [0.2, 0.25) is 0 Å². The first-order valence-electron chi connectivity index (χ1n) is 9.05. The van der Waals surface area contributed by atoms with Gasteiger partial charge in [-0.3, -0.25) is 14.6 Å². The summed E-state index contributed by atoms with van der Waals surface area (Å²) in [5.74, 6) is 0.553. The zero-order valence-electron chi connectivity index (χ0n) is 15.4. The number of rotatable bonds is 6. The minimum absolute atomic E-state index is 0.260. The van der Waals surface area contributed by atoms with Gasteiger partial charge in [0.05, 0.1) is 36.2 Å². The maximum absolute atomic E-state index is 11.6. The van der Waals surface area contributed by atoms with E-state index in [4.69, 9.17) is 9.47 Å². The van der Waals surface area contributed by atoms with Crippen molar-refractivity contribution in [2.45, 2.75) is 26.3 Å². The van der Waals surface area contributed by atoms with Gasteiger partial charge in [0.25, 0.3) is 0 Å². The number of aldehydes is 1. The molecule has 0 aliphatic carbocycles. The van der Waals surface area contributed by atoms with E-state index in [1.54, 1.807) is 6.20 Å². The predicted octanol–water partition coefficient (Wildman–Crippen LogP) is 3.41. The molecule has 0 amide bonds. The molecule has 7 heteroatoms. The van der Waals surface area contributed by atoms with E-state index in [9.17, 15) is 4.79 Å². The Morgan fingerprint density at radius 2 is 2.26 bits per heavy atom. The zero-order chi connectivity index (χ0) is 18.8. The van der Waals surface area contributed by atoms with Crippen molar-refractivity contribution < 1.29 is 14.3 Å². The topological polar surface area (TPSA) is 82.0 Å². The van der Waals surface area contributed by atoms with Crippen LogP contribution in [-0.4, -0.2) is 46.1 Å². The number of nitrogens with one attached hydrogen (secondary N) is 1. The van der Waals surface area contributed by atoms with Crippen LogP contribution in [0, 0.1) is 0 Å². The average Bonchev–Trinajstić information content (AvgIpc) is 3.35. The molecule has 0 fully saturated rings. The number of fused-ring (bicyclic) bond motifs is 1. The van der Waals surface area contributed by atoms with Crippen LogP contribution in [0.5, 0.6) is 5.75 Å². The molecular weight excluding hydrogens is 344 g/mol. The molecule has 7 nitrogen and oxygen atoms in total. The first-order valence-corrected chi connectivity index (χ1v) is 9.05. The van der Waals surface area contributed by atoms with E-state index in [2.05, 4.69) is 29.1 Å². The van der Waals surface area contributed by atoms with Crippen molar-refractivity contribution >= 4 is 22.8 Å². The van der Waals surface area contributed by atoms with Gasteiger partial charge in [0.15, 0.2) is 6.29 Å². The second-order valence-electron chi connectivity index (χ2n) is 6.86. The van der Waals surface area contributed by atoms with E-state index in [0.29, 0.717) is 36.7 Å². The van der Waals surface area contributed by atoms with Crippen LogP contribution in [0.2, 0.25) is 0 Å². The molecule has 3 heterocycles. The molecule has 0 saturated heterocycles. The summed E-state index contributed by atoms with van der Waals surface area (Å²) in [5, 5.41) is 12.2. The van der Waals surface area contributed by atoms with E-state index in [1.807, 2.05) is 29.1 Å². The lowest BCUT2D eigenvalue weighted by Crippen LogP contribution is -2.18. The lowest BCUT2D eigenvalue weighted by molar-refractivity contribution is 0.112. The van der Waals surface area contributed by atoms with Crippen molar-refractivity contribution in [2.75, 3.05) is 19.8 Å². The average molecular weight is 366 g/mol. The summed E-state index contributed by atoms with van der Waals surface area (Å²) < 4.78 is 13.7. The standard InChI is InChI=1S/C20H22N4O3/c1-13(2)24-18(5-7-22-24)17-12-26-8-6-15(17)11-27-19-4-3-14-9-21-23-20(14)16(19)10-25/h3-5,7,9-10,13H,6,8,11-12H2,1-2H3,(H,21,23).